The van der Waals surface area contributed by atoms with E-state index in [9.17, 15) is 0 Å². The van der Waals surface area contributed by atoms with Crippen molar-refractivity contribution in [1.29, 1.82) is 0 Å². The molecule has 1 aliphatic rings. The van der Waals surface area contributed by atoms with Gasteiger partial charge in [0.25, 0.3) is 0 Å². The molecule has 1 fully saturated rings. The quantitative estimate of drug-likeness (QED) is 0.377. The molecule has 0 radical (unpaired) electrons. The number of anilines is 1. The van der Waals surface area contributed by atoms with E-state index in [4.69, 9.17) is 9.73 Å². The van der Waals surface area contributed by atoms with E-state index in [2.05, 4.69) is 52.4 Å². The van der Waals surface area contributed by atoms with E-state index in [1.165, 1.54) is 5.56 Å². The molecule has 0 unspecified atom stereocenters. The van der Waals surface area contributed by atoms with Crippen molar-refractivity contribution in [3.8, 4) is 5.75 Å². The van der Waals surface area contributed by atoms with Gasteiger partial charge < -0.3 is 19.9 Å². The molecule has 0 spiro atoms. The molecular weight excluding hydrogens is 467 g/mol. The van der Waals surface area contributed by atoms with Crippen LogP contribution < -0.4 is 15.0 Å². The van der Waals surface area contributed by atoms with E-state index < -0.39 is 0 Å². The van der Waals surface area contributed by atoms with Crippen molar-refractivity contribution in [2.75, 3.05) is 51.3 Å². The van der Waals surface area contributed by atoms with Gasteiger partial charge in [-0.25, -0.2) is 0 Å². The second kappa shape index (κ2) is 11.1. The first-order valence-electron chi connectivity index (χ1n) is 9.61. The average molecular weight is 498 g/mol. The Hall–Kier alpha value is -1.97. The molecule has 1 saturated heterocycles. The minimum atomic E-state index is 0. The summed E-state index contributed by atoms with van der Waals surface area (Å²) >= 11 is 0. The topological polar surface area (TPSA) is 57.9 Å². The lowest BCUT2D eigenvalue weighted by atomic mass is 10.2. The summed E-state index contributed by atoms with van der Waals surface area (Å²) in [6.45, 7) is 10.3. The number of hydrogen-bond acceptors (Lipinski definition) is 4. The van der Waals surface area contributed by atoms with Crippen LogP contribution in [0, 0.1) is 6.92 Å². The molecule has 2 aromatic rings. The third-order valence-corrected chi connectivity index (χ3v) is 4.69. The van der Waals surface area contributed by atoms with E-state index in [0.29, 0.717) is 0 Å². The third kappa shape index (κ3) is 5.76. The first kappa shape index (κ1) is 22.3. The molecule has 1 aromatic carbocycles. The predicted octanol–water partition coefficient (Wildman–Crippen LogP) is 2.61. The van der Waals surface area contributed by atoms with Gasteiger partial charge in [0.05, 0.1) is 32.1 Å². The lowest BCUT2D eigenvalue weighted by Crippen LogP contribution is -2.52. The minimum absolute atomic E-state index is 0. The molecule has 8 heteroatoms. The number of aliphatic imine (C=N–C) groups is 1. The number of aryl methyl sites for hydroxylation is 1. The van der Waals surface area contributed by atoms with Crippen LogP contribution in [-0.4, -0.2) is 67.0 Å². The number of nitrogens with zero attached hydrogens (tertiary/aromatic N) is 5. The summed E-state index contributed by atoms with van der Waals surface area (Å²) in [5.41, 5.74) is 2.34. The van der Waals surface area contributed by atoms with Crippen molar-refractivity contribution in [1.82, 2.24) is 20.0 Å². The SMILES string of the molecule is CCNC(=NCCn1cc(C)cn1)N1CCN(c2ccccc2OC)CC1.I. The zero-order valence-electron chi connectivity index (χ0n) is 17.0. The molecule has 1 aliphatic heterocycles. The normalized spacial score (nSPS) is 14.6. The lowest BCUT2D eigenvalue weighted by Gasteiger charge is -2.38. The molecule has 0 amide bonds. The van der Waals surface area contributed by atoms with Gasteiger partial charge in [0.15, 0.2) is 5.96 Å². The highest BCUT2D eigenvalue weighted by Crippen LogP contribution is 2.28. The van der Waals surface area contributed by atoms with Crippen LogP contribution in [0.4, 0.5) is 5.69 Å². The summed E-state index contributed by atoms with van der Waals surface area (Å²) in [6.07, 6.45) is 3.93. The summed E-state index contributed by atoms with van der Waals surface area (Å²) in [5.74, 6) is 1.92. The number of nitrogens with one attached hydrogen (secondary N) is 1. The van der Waals surface area contributed by atoms with Crippen molar-refractivity contribution in [3.05, 3.63) is 42.2 Å². The highest BCUT2D eigenvalue weighted by molar-refractivity contribution is 14.0. The van der Waals surface area contributed by atoms with Gasteiger partial charge in [-0.15, -0.1) is 24.0 Å². The Morgan fingerprint density at radius 3 is 2.61 bits per heavy atom. The number of benzene rings is 1. The second-order valence-electron chi connectivity index (χ2n) is 6.66. The van der Waals surface area contributed by atoms with Gasteiger partial charge in [0.2, 0.25) is 0 Å². The molecule has 0 atom stereocenters. The van der Waals surface area contributed by atoms with Gasteiger partial charge in [-0.3, -0.25) is 9.67 Å². The highest BCUT2D eigenvalue weighted by atomic mass is 127. The van der Waals surface area contributed by atoms with Crippen LogP contribution >= 0.6 is 24.0 Å². The van der Waals surface area contributed by atoms with Crippen molar-refractivity contribution in [2.24, 2.45) is 4.99 Å². The van der Waals surface area contributed by atoms with Crippen LogP contribution in [0.25, 0.3) is 0 Å². The van der Waals surface area contributed by atoms with Crippen molar-refractivity contribution in [2.45, 2.75) is 20.4 Å². The number of ether oxygens (including phenoxy) is 1. The number of rotatable bonds is 6. The van der Waals surface area contributed by atoms with Crippen LogP contribution in [0.2, 0.25) is 0 Å². The van der Waals surface area contributed by atoms with Gasteiger partial charge in [0.1, 0.15) is 5.75 Å². The molecule has 0 bridgehead atoms. The van der Waals surface area contributed by atoms with Gasteiger partial charge in [-0.05, 0) is 31.5 Å². The number of para-hydroxylation sites is 2. The molecule has 2 heterocycles. The summed E-state index contributed by atoms with van der Waals surface area (Å²) in [7, 11) is 1.73. The molecular formula is C20H31IN6O. The van der Waals surface area contributed by atoms with E-state index in [1.54, 1.807) is 7.11 Å². The zero-order valence-corrected chi connectivity index (χ0v) is 19.3. The zero-order chi connectivity index (χ0) is 19.1. The second-order valence-corrected chi connectivity index (χ2v) is 6.66. The van der Waals surface area contributed by atoms with E-state index >= 15 is 0 Å². The molecule has 154 valence electrons. The fourth-order valence-corrected chi connectivity index (χ4v) is 3.32. The highest BCUT2D eigenvalue weighted by Gasteiger charge is 2.21. The van der Waals surface area contributed by atoms with Crippen LogP contribution in [0.5, 0.6) is 5.75 Å². The number of methoxy groups -OCH3 is 1. The van der Waals surface area contributed by atoms with Crippen LogP contribution in [0.3, 0.4) is 0 Å². The molecule has 7 nitrogen and oxygen atoms in total. The first-order chi connectivity index (χ1) is 13.2. The third-order valence-electron chi connectivity index (χ3n) is 4.69. The Labute approximate surface area is 184 Å². The van der Waals surface area contributed by atoms with Crippen LogP contribution in [-0.2, 0) is 6.54 Å². The minimum Gasteiger partial charge on any atom is -0.495 e. The Balaban J connectivity index is 0.00000280. The molecule has 28 heavy (non-hydrogen) atoms. The molecule has 3 rings (SSSR count). The maximum atomic E-state index is 5.51. The number of guanidine groups is 1. The Bertz CT molecular complexity index is 755. The number of hydrogen-bond donors (Lipinski definition) is 1. The smallest absolute Gasteiger partial charge is 0.194 e. The maximum absolute atomic E-state index is 5.51. The average Bonchev–Trinajstić information content (AvgIpc) is 3.12. The number of aromatic nitrogens is 2. The van der Waals surface area contributed by atoms with Gasteiger partial charge in [0, 0.05) is 38.9 Å². The number of piperazine rings is 1. The monoisotopic (exact) mass is 498 g/mol. The van der Waals surface area contributed by atoms with E-state index in [1.807, 2.05) is 23.0 Å². The molecule has 1 N–H and O–H groups in total. The molecule has 1 aromatic heterocycles. The van der Waals surface area contributed by atoms with Gasteiger partial charge in [-0.2, -0.15) is 5.10 Å². The van der Waals surface area contributed by atoms with Gasteiger partial charge >= 0.3 is 0 Å². The summed E-state index contributed by atoms with van der Waals surface area (Å²) in [6, 6.07) is 8.21. The fourth-order valence-electron chi connectivity index (χ4n) is 3.32. The van der Waals surface area contributed by atoms with Gasteiger partial charge in [-0.1, -0.05) is 12.1 Å². The largest absolute Gasteiger partial charge is 0.495 e. The molecule has 0 saturated carbocycles. The Kier molecular flexibility index (Phi) is 8.88. The maximum Gasteiger partial charge on any atom is 0.194 e. The lowest BCUT2D eigenvalue weighted by molar-refractivity contribution is 0.366. The fraction of sp³-hybridized carbons (Fsp3) is 0.500. The summed E-state index contributed by atoms with van der Waals surface area (Å²) < 4.78 is 7.46. The first-order valence-corrected chi connectivity index (χ1v) is 9.61. The van der Waals surface area contributed by atoms with Crippen LogP contribution in [0.1, 0.15) is 12.5 Å². The predicted molar refractivity (Wildman–Crippen MR) is 125 cm³/mol. The Morgan fingerprint density at radius 1 is 1.21 bits per heavy atom. The number of halogens is 1. The van der Waals surface area contributed by atoms with Crippen molar-refractivity contribution >= 4 is 35.6 Å². The van der Waals surface area contributed by atoms with Crippen LogP contribution in [0.15, 0.2) is 41.7 Å². The van der Waals surface area contributed by atoms with Crippen molar-refractivity contribution in [3.63, 3.8) is 0 Å². The summed E-state index contributed by atoms with van der Waals surface area (Å²) in [5, 5.41) is 7.75. The van der Waals surface area contributed by atoms with E-state index in [0.717, 1.165) is 63.2 Å². The van der Waals surface area contributed by atoms with Crippen molar-refractivity contribution < 1.29 is 4.74 Å². The summed E-state index contributed by atoms with van der Waals surface area (Å²) in [4.78, 5) is 9.52. The standard InChI is InChI=1S/C20H30N6O.HI/c1-4-21-20(22-9-10-26-16-17(2)15-23-26)25-13-11-24(12-14-25)18-7-5-6-8-19(18)27-3;/h5-8,15-16H,4,9-14H2,1-3H3,(H,21,22);1H. The Morgan fingerprint density at radius 2 is 1.96 bits per heavy atom. The molecule has 0 aliphatic carbocycles. The van der Waals surface area contributed by atoms with E-state index in [-0.39, 0.29) is 24.0 Å².